The molecular formula is C24H27N3O5S. The highest BCUT2D eigenvalue weighted by atomic mass is 32.2. The first-order chi connectivity index (χ1) is 15.7. The summed E-state index contributed by atoms with van der Waals surface area (Å²) >= 11 is 0. The minimum absolute atomic E-state index is 0.0822. The monoisotopic (exact) mass is 469 g/mol. The summed E-state index contributed by atoms with van der Waals surface area (Å²) in [7, 11) is -3.87. The van der Waals surface area contributed by atoms with E-state index in [4.69, 9.17) is 0 Å². The van der Waals surface area contributed by atoms with Crippen LogP contribution in [-0.2, 0) is 10.0 Å². The van der Waals surface area contributed by atoms with Crippen LogP contribution in [0, 0.1) is 0 Å². The van der Waals surface area contributed by atoms with Crippen molar-refractivity contribution in [3.63, 3.8) is 0 Å². The average molecular weight is 470 g/mol. The zero-order valence-electron chi connectivity index (χ0n) is 18.3. The van der Waals surface area contributed by atoms with Crippen LogP contribution in [0.3, 0.4) is 0 Å². The number of hydrogen-bond donors (Lipinski definition) is 3. The standard InChI is InChI=1S/C24H27N3O5S/c1-17(28)16-24(30)11-14-27(15-12-24)23(29)19-7-9-20(10-8-19)26-33(31,32)21-6-2-4-18-5-3-13-25-22(18)21/h2-10,13,17,26,28,30H,11-12,14-16H2,1H3. The maximum atomic E-state index is 13.0. The van der Waals surface area contributed by atoms with Gasteiger partial charge in [0.1, 0.15) is 4.90 Å². The molecule has 33 heavy (non-hydrogen) atoms. The molecule has 0 aliphatic carbocycles. The van der Waals surface area contributed by atoms with Crippen molar-refractivity contribution in [2.45, 2.75) is 42.8 Å². The normalized spacial score (nSPS) is 17.0. The van der Waals surface area contributed by atoms with E-state index < -0.39 is 21.7 Å². The molecule has 2 aromatic carbocycles. The molecule has 1 unspecified atom stereocenters. The van der Waals surface area contributed by atoms with Crippen molar-refractivity contribution < 1.29 is 23.4 Å². The molecule has 3 N–H and O–H groups in total. The zero-order chi connectivity index (χ0) is 23.6. The molecule has 1 aliphatic rings. The average Bonchev–Trinajstić information content (AvgIpc) is 2.78. The number of fused-ring (bicyclic) bond motifs is 1. The van der Waals surface area contributed by atoms with Crippen LogP contribution in [0.25, 0.3) is 10.9 Å². The molecule has 0 bridgehead atoms. The number of hydrogen-bond acceptors (Lipinski definition) is 6. The number of amides is 1. The third-order valence-corrected chi connectivity index (χ3v) is 7.34. The van der Waals surface area contributed by atoms with Crippen LogP contribution in [0.4, 0.5) is 5.69 Å². The van der Waals surface area contributed by atoms with E-state index in [0.29, 0.717) is 42.7 Å². The zero-order valence-corrected chi connectivity index (χ0v) is 19.1. The largest absolute Gasteiger partial charge is 0.393 e. The summed E-state index contributed by atoms with van der Waals surface area (Å²) < 4.78 is 28.5. The first-order valence-electron chi connectivity index (χ1n) is 10.8. The maximum absolute atomic E-state index is 13.0. The van der Waals surface area contributed by atoms with Crippen LogP contribution < -0.4 is 4.72 Å². The summed E-state index contributed by atoms with van der Waals surface area (Å²) in [5, 5.41) is 20.8. The molecule has 0 radical (unpaired) electrons. The van der Waals surface area contributed by atoms with Crippen molar-refractivity contribution in [2.75, 3.05) is 17.8 Å². The van der Waals surface area contributed by atoms with E-state index in [1.54, 1.807) is 66.6 Å². The number of piperidine rings is 1. The number of nitrogens with zero attached hydrogens (tertiary/aromatic N) is 2. The van der Waals surface area contributed by atoms with Crippen LogP contribution >= 0.6 is 0 Å². The predicted molar refractivity (Wildman–Crippen MR) is 125 cm³/mol. The van der Waals surface area contributed by atoms with Crippen LogP contribution in [-0.4, -0.2) is 59.2 Å². The highest BCUT2D eigenvalue weighted by Crippen LogP contribution is 2.28. The topological polar surface area (TPSA) is 120 Å². The molecule has 2 heterocycles. The number of para-hydroxylation sites is 1. The van der Waals surface area contributed by atoms with Gasteiger partial charge >= 0.3 is 0 Å². The number of carbonyl (C=O) groups excluding carboxylic acids is 1. The van der Waals surface area contributed by atoms with Gasteiger partial charge in [0.05, 0.1) is 17.2 Å². The second-order valence-corrected chi connectivity index (χ2v) is 10.2. The number of aliphatic hydroxyl groups excluding tert-OH is 1. The van der Waals surface area contributed by atoms with E-state index in [-0.39, 0.29) is 17.2 Å². The predicted octanol–water partition coefficient (Wildman–Crippen LogP) is 2.77. The molecule has 1 atom stereocenters. The molecule has 8 nitrogen and oxygen atoms in total. The number of nitrogens with one attached hydrogen (secondary N) is 1. The number of likely N-dealkylation sites (tertiary alicyclic amines) is 1. The Bertz CT molecular complexity index is 1250. The molecule has 1 fully saturated rings. The molecule has 9 heteroatoms. The lowest BCUT2D eigenvalue weighted by molar-refractivity contribution is -0.0466. The number of aromatic nitrogens is 1. The van der Waals surface area contributed by atoms with Crippen molar-refractivity contribution in [3.05, 3.63) is 66.4 Å². The minimum atomic E-state index is -3.87. The van der Waals surface area contributed by atoms with Gasteiger partial charge in [-0.15, -0.1) is 0 Å². The highest BCUT2D eigenvalue weighted by molar-refractivity contribution is 7.93. The number of benzene rings is 2. The lowest BCUT2D eigenvalue weighted by Gasteiger charge is -2.39. The Balaban J connectivity index is 1.45. The molecule has 3 aromatic rings. The van der Waals surface area contributed by atoms with Gasteiger partial charge in [-0.1, -0.05) is 18.2 Å². The quantitative estimate of drug-likeness (QED) is 0.511. The molecule has 174 valence electrons. The van der Waals surface area contributed by atoms with E-state index in [0.717, 1.165) is 5.39 Å². The van der Waals surface area contributed by atoms with Gasteiger partial charge in [-0.3, -0.25) is 14.5 Å². The Morgan fingerprint density at radius 3 is 2.45 bits per heavy atom. The van der Waals surface area contributed by atoms with Crippen molar-refractivity contribution in [1.82, 2.24) is 9.88 Å². The number of pyridine rings is 1. The van der Waals surface area contributed by atoms with Gasteiger partial charge in [-0.25, -0.2) is 8.42 Å². The number of aliphatic hydroxyl groups is 2. The summed E-state index contributed by atoms with van der Waals surface area (Å²) in [5.74, 6) is -0.179. The fraction of sp³-hybridized carbons (Fsp3) is 0.333. The van der Waals surface area contributed by atoms with E-state index in [9.17, 15) is 23.4 Å². The van der Waals surface area contributed by atoms with Gasteiger partial charge in [-0.05, 0) is 56.2 Å². The summed E-state index contributed by atoms with van der Waals surface area (Å²) in [5.41, 5.74) is 0.207. The highest BCUT2D eigenvalue weighted by Gasteiger charge is 2.35. The molecule has 4 rings (SSSR count). The Labute approximate surface area is 192 Å². The van der Waals surface area contributed by atoms with Gasteiger partial charge in [0, 0.05) is 42.3 Å². The van der Waals surface area contributed by atoms with Crippen LogP contribution in [0.15, 0.2) is 65.7 Å². The van der Waals surface area contributed by atoms with Crippen LogP contribution in [0.5, 0.6) is 0 Å². The summed E-state index contributed by atoms with van der Waals surface area (Å²) in [6.07, 6.45) is 2.04. The van der Waals surface area contributed by atoms with Gasteiger partial charge in [0.25, 0.3) is 15.9 Å². The van der Waals surface area contributed by atoms with Crippen molar-refractivity contribution in [3.8, 4) is 0 Å². The van der Waals surface area contributed by atoms with Gasteiger partial charge in [0.15, 0.2) is 0 Å². The van der Waals surface area contributed by atoms with E-state index in [1.807, 2.05) is 0 Å². The van der Waals surface area contributed by atoms with Gasteiger partial charge in [0.2, 0.25) is 0 Å². The Morgan fingerprint density at radius 1 is 1.12 bits per heavy atom. The molecule has 0 saturated carbocycles. The molecule has 1 amide bonds. The summed E-state index contributed by atoms with van der Waals surface area (Å²) in [4.78, 5) is 18.8. The fourth-order valence-corrected chi connectivity index (χ4v) is 5.49. The second kappa shape index (κ2) is 9.09. The van der Waals surface area contributed by atoms with Crippen LogP contribution in [0.1, 0.15) is 36.5 Å². The maximum Gasteiger partial charge on any atom is 0.264 e. The Hall–Kier alpha value is -3.01. The van der Waals surface area contributed by atoms with Gasteiger partial charge < -0.3 is 15.1 Å². The first-order valence-corrected chi connectivity index (χ1v) is 12.3. The van der Waals surface area contributed by atoms with Crippen molar-refractivity contribution in [2.24, 2.45) is 0 Å². The molecular weight excluding hydrogens is 442 g/mol. The number of carbonyl (C=O) groups is 1. The molecule has 1 saturated heterocycles. The van der Waals surface area contributed by atoms with Crippen molar-refractivity contribution >= 4 is 32.5 Å². The third-order valence-electron chi connectivity index (χ3n) is 5.93. The Morgan fingerprint density at radius 2 is 1.79 bits per heavy atom. The molecule has 1 aromatic heterocycles. The molecule has 0 spiro atoms. The number of anilines is 1. The second-order valence-electron chi connectivity index (χ2n) is 8.58. The number of rotatable bonds is 6. The fourth-order valence-electron chi connectivity index (χ4n) is 4.25. The third kappa shape index (κ3) is 5.16. The van der Waals surface area contributed by atoms with E-state index >= 15 is 0 Å². The van der Waals surface area contributed by atoms with Crippen molar-refractivity contribution in [1.29, 1.82) is 0 Å². The first kappa shape index (κ1) is 23.2. The van der Waals surface area contributed by atoms with Gasteiger partial charge in [-0.2, -0.15) is 0 Å². The Kier molecular flexibility index (Phi) is 6.38. The van der Waals surface area contributed by atoms with E-state index in [2.05, 4.69) is 9.71 Å². The molecule has 1 aliphatic heterocycles. The number of sulfonamides is 1. The minimum Gasteiger partial charge on any atom is -0.393 e. The van der Waals surface area contributed by atoms with E-state index in [1.165, 1.54) is 6.07 Å². The summed E-state index contributed by atoms with van der Waals surface area (Å²) in [6.45, 7) is 2.43. The lowest BCUT2D eigenvalue weighted by atomic mass is 9.86. The SMILES string of the molecule is CC(O)CC1(O)CCN(C(=O)c2ccc(NS(=O)(=O)c3cccc4cccnc34)cc2)CC1. The summed E-state index contributed by atoms with van der Waals surface area (Å²) in [6, 6.07) is 14.8. The smallest absolute Gasteiger partial charge is 0.264 e. The van der Waals surface area contributed by atoms with Crippen LogP contribution in [0.2, 0.25) is 0 Å². The lowest BCUT2D eigenvalue weighted by Crippen LogP contribution is -2.47.